The number of halogens is 1. The molecule has 0 radical (unpaired) electrons. The van der Waals surface area contributed by atoms with Crippen LogP contribution in [0.3, 0.4) is 0 Å². The van der Waals surface area contributed by atoms with Crippen LogP contribution in [0.2, 0.25) is 5.02 Å². The van der Waals surface area contributed by atoms with Gasteiger partial charge in [-0.3, -0.25) is 10.1 Å². The fourth-order valence-electron chi connectivity index (χ4n) is 1.31. The Morgan fingerprint density at radius 2 is 2.41 bits per heavy atom. The zero-order chi connectivity index (χ0) is 13.0. The van der Waals surface area contributed by atoms with E-state index >= 15 is 0 Å². The highest BCUT2D eigenvalue weighted by atomic mass is 35.5. The molecule has 1 aromatic heterocycles. The summed E-state index contributed by atoms with van der Waals surface area (Å²) in [4.78, 5) is 15.9. The quantitative estimate of drug-likeness (QED) is 0.608. The van der Waals surface area contributed by atoms with E-state index in [2.05, 4.69) is 4.98 Å². The summed E-state index contributed by atoms with van der Waals surface area (Å²) in [5, 5.41) is 19.7. The normalized spacial score (nSPS) is 11.6. The van der Waals surface area contributed by atoms with Crippen molar-refractivity contribution in [3.05, 3.63) is 27.4 Å². The number of nitro groups is 1. The third-order valence-corrected chi connectivity index (χ3v) is 2.60. The molecule has 0 saturated heterocycles. The lowest BCUT2D eigenvalue weighted by Crippen LogP contribution is -2.29. The number of hydrogen-bond acceptors (Lipinski definition) is 5. The average Bonchev–Trinajstić information content (AvgIpc) is 2.28. The second-order valence-corrected chi connectivity index (χ2v) is 4.01. The van der Waals surface area contributed by atoms with Gasteiger partial charge < -0.3 is 4.90 Å². The maximum absolute atomic E-state index is 10.9. The summed E-state index contributed by atoms with van der Waals surface area (Å²) in [5.74, 6) is 0.210. The van der Waals surface area contributed by atoms with Crippen LogP contribution in [0.25, 0.3) is 0 Å². The summed E-state index contributed by atoms with van der Waals surface area (Å²) < 4.78 is 0. The van der Waals surface area contributed by atoms with Gasteiger partial charge in [0.25, 0.3) is 0 Å². The third-order valence-electron chi connectivity index (χ3n) is 2.39. The molecule has 0 aliphatic rings. The lowest BCUT2D eigenvalue weighted by atomic mass is 10.2. The van der Waals surface area contributed by atoms with E-state index in [1.54, 1.807) is 18.9 Å². The van der Waals surface area contributed by atoms with Crippen molar-refractivity contribution in [2.75, 3.05) is 11.9 Å². The zero-order valence-corrected chi connectivity index (χ0v) is 10.2. The number of nitriles is 1. The molecular formula is C10H11ClN4O2. The summed E-state index contributed by atoms with van der Waals surface area (Å²) in [5.41, 5.74) is -0.162. The van der Waals surface area contributed by atoms with E-state index in [9.17, 15) is 10.1 Å². The van der Waals surface area contributed by atoms with Crippen molar-refractivity contribution in [3.8, 4) is 6.07 Å². The molecule has 0 fully saturated rings. The van der Waals surface area contributed by atoms with Crippen LogP contribution in [0.5, 0.6) is 0 Å². The predicted molar refractivity (Wildman–Crippen MR) is 64.0 cm³/mol. The van der Waals surface area contributed by atoms with Crippen molar-refractivity contribution < 1.29 is 4.92 Å². The van der Waals surface area contributed by atoms with Crippen LogP contribution in [-0.2, 0) is 0 Å². The van der Waals surface area contributed by atoms with E-state index in [-0.39, 0.29) is 29.0 Å². The monoisotopic (exact) mass is 254 g/mol. The summed E-state index contributed by atoms with van der Waals surface area (Å²) in [6.07, 6.45) is 1.61. The molecule has 0 amide bonds. The molecule has 0 saturated carbocycles. The van der Waals surface area contributed by atoms with E-state index < -0.39 is 4.92 Å². The molecule has 0 spiro atoms. The van der Waals surface area contributed by atoms with Crippen molar-refractivity contribution in [2.45, 2.75) is 19.4 Å². The third kappa shape index (κ3) is 3.04. The van der Waals surface area contributed by atoms with E-state index in [0.29, 0.717) is 0 Å². The SMILES string of the molecule is CC(CC#N)N(C)c1ncc(Cl)cc1[N+](=O)[O-]. The van der Waals surface area contributed by atoms with E-state index in [1.807, 2.05) is 6.07 Å². The maximum Gasteiger partial charge on any atom is 0.313 e. The summed E-state index contributed by atoms with van der Waals surface area (Å²) in [6, 6.07) is 3.10. The predicted octanol–water partition coefficient (Wildman–Crippen LogP) is 2.38. The van der Waals surface area contributed by atoms with Gasteiger partial charge in [-0.15, -0.1) is 0 Å². The first-order valence-corrected chi connectivity index (χ1v) is 5.25. The fourth-order valence-corrected chi connectivity index (χ4v) is 1.46. The van der Waals surface area contributed by atoms with Crippen LogP contribution in [0, 0.1) is 21.4 Å². The number of pyridine rings is 1. The number of hydrogen-bond donors (Lipinski definition) is 0. The van der Waals surface area contributed by atoms with E-state index in [1.165, 1.54) is 12.3 Å². The Morgan fingerprint density at radius 1 is 1.76 bits per heavy atom. The Kier molecular flexibility index (Phi) is 4.24. The molecule has 1 unspecified atom stereocenters. The van der Waals surface area contributed by atoms with Gasteiger partial charge in [0.05, 0.1) is 22.4 Å². The molecular weight excluding hydrogens is 244 g/mol. The number of rotatable bonds is 4. The first kappa shape index (κ1) is 13.2. The average molecular weight is 255 g/mol. The van der Waals surface area contributed by atoms with Gasteiger partial charge in [0.15, 0.2) is 0 Å². The molecule has 0 aromatic carbocycles. The van der Waals surface area contributed by atoms with Crippen LogP contribution >= 0.6 is 11.6 Å². The topological polar surface area (TPSA) is 83.1 Å². The van der Waals surface area contributed by atoms with Crippen molar-refractivity contribution in [1.82, 2.24) is 4.98 Å². The van der Waals surface area contributed by atoms with E-state index in [4.69, 9.17) is 16.9 Å². The van der Waals surface area contributed by atoms with Gasteiger partial charge in [0, 0.05) is 25.4 Å². The smallest absolute Gasteiger partial charge is 0.313 e. The molecule has 0 bridgehead atoms. The highest BCUT2D eigenvalue weighted by Crippen LogP contribution is 2.28. The maximum atomic E-state index is 10.9. The van der Waals surface area contributed by atoms with E-state index in [0.717, 1.165) is 0 Å². The summed E-state index contributed by atoms with van der Waals surface area (Å²) in [7, 11) is 1.66. The summed E-state index contributed by atoms with van der Waals surface area (Å²) in [6.45, 7) is 1.79. The molecule has 1 rings (SSSR count). The minimum absolute atomic E-state index is 0.160. The van der Waals surface area contributed by atoms with Gasteiger partial charge in [-0.2, -0.15) is 5.26 Å². The zero-order valence-electron chi connectivity index (χ0n) is 9.42. The van der Waals surface area contributed by atoms with Crippen molar-refractivity contribution >= 4 is 23.1 Å². The largest absolute Gasteiger partial charge is 0.350 e. The highest BCUT2D eigenvalue weighted by molar-refractivity contribution is 6.30. The molecule has 0 aliphatic carbocycles. The minimum atomic E-state index is -0.538. The highest BCUT2D eigenvalue weighted by Gasteiger charge is 2.22. The second kappa shape index (κ2) is 5.46. The Hall–Kier alpha value is -1.87. The molecule has 0 N–H and O–H groups in total. The van der Waals surface area contributed by atoms with Crippen LogP contribution in [0.4, 0.5) is 11.5 Å². The number of nitrogens with zero attached hydrogens (tertiary/aromatic N) is 4. The van der Waals surface area contributed by atoms with Gasteiger partial charge in [0.2, 0.25) is 5.82 Å². The lowest BCUT2D eigenvalue weighted by Gasteiger charge is -2.23. The van der Waals surface area contributed by atoms with Crippen LogP contribution < -0.4 is 4.90 Å². The molecule has 1 atom stereocenters. The Bertz CT molecular complexity index is 472. The summed E-state index contributed by atoms with van der Waals surface area (Å²) >= 11 is 5.67. The van der Waals surface area contributed by atoms with Crippen molar-refractivity contribution in [3.63, 3.8) is 0 Å². The Labute approximate surface area is 104 Å². The first-order chi connectivity index (χ1) is 7.97. The number of anilines is 1. The molecule has 7 heteroatoms. The Balaban J connectivity index is 3.13. The fraction of sp³-hybridized carbons (Fsp3) is 0.400. The first-order valence-electron chi connectivity index (χ1n) is 4.87. The van der Waals surface area contributed by atoms with Gasteiger partial charge in [-0.25, -0.2) is 4.98 Å². The molecule has 1 heterocycles. The van der Waals surface area contributed by atoms with Gasteiger partial charge in [0.1, 0.15) is 0 Å². The second-order valence-electron chi connectivity index (χ2n) is 3.58. The Morgan fingerprint density at radius 3 is 2.94 bits per heavy atom. The standard InChI is InChI=1S/C10H11ClN4O2/c1-7(3-4-12)14(2)10-9(15(16)17)5-8(11)6-13-10/h5-7H,3H2,1-2H3. The van der Waals surface area contributed by atoms with Crippen LogP contribution in [0.15, 0.2) is 12.3 Å². The van der Waals surface area contributed by atoms with Crippen molar-refractivity contribution in [2.24, 2.45) is 0 Å². The van der Waals surface area contributed by atoms with Gasteiger partial charge >= 0.3 is 5.69 Å². The number of aromatic nitrogens is 1. The van der Waals surface area contributed by atoms with Crippen LogP contribution in [-0.4, -0.2) is 23.0 Å². The van der Waals surface area contributed by atoms with Gasteiger partial charge in [-0.1, -0.05) is 11.6 Å². The van der Waals surface area contributed by atoms with Crippen molar-refractivity contribution in [1.29, 1.82) is 5.26 Å². The minimum Gasteiger partial charge on any atom is -0.350 e. The molecule has 0 aliphatic heterocycles. The van der Waals surface area contributed by atoms with Crippen LogP contribution in [0.1, 0.15) is 13.3 Å². The molecule has 17 heavy (non-hydrogen) atoms. The molecule has 90 valence electrons. The molecule has 1 aromatic rings. The lowest BCUT2D eigenvalue weighted by molar-refractivity contribution is -0.384. The van der Waals surface area contributed by atoms with Gasteiger partial charge in [-0.05, 0) is 6.92 Å². The molecule has 6 nitrogen and oxygen atoms in total.